The molecule has 0 saturated carbocycles. The van der Waals surface area contributed by atoms with Gasteiger partial charge in [0.2, 0.25) is 0 Å². The minimum atomic E-state index is -0.422. The van der Waals surface area contributed by atoms with E-state index in [9.17, 15) is 14.7 Å². The number of nitrogens with one attached hydrogen (secondary N) is 1. The smallest absolute Gasteiger partial charge is 0.260 e. The number of hydrogen-bond acceptors (Lipinski definition) is 5. The van der Waals surface area contributed by atoms with E-state index in [0.29, 0.717) is 36.4 Å². The molecule has 1 unspecified atom stereocenters. The minimum Gasteiger partial charge on any atom is -0.396 e. The van der Waals surface area contributed by atoms with Crippen molar-refractivity contribution in [3.63, 3.8) is 0 Å². The average Bonchev–Trinajstić information content (AvgIpc) is 3.62. The van der Waals surface area contributed by atoms with E-state index in [2.05, 4.69) is 46.6 Å². The maximum atomic E-state index is 13.4. The molecule has 2 aliphatic heterocycles. The molecule has 1 atom stereocenters. The van der Waals surface area contributed by atoms with Crippen LogP contribution in [0.3, 0.4) is 0 Å². The number of aliphatic hydroxyl groups excluding tert-OH is 1. The van der Waals surface area contributed by atoms with Gasteiger partial charge in [0.25, 0.3) is 11.8 Å². The Hall–Kier alpha value is -4.75. The van der Waals surface area contributed by atoms with Crippen LogP contribution in [0.2, 0.25) is 0 Å². The van der Waals surface area contributed by atoms with E-state index < -0.39 is 5.91 Å². The van der Waals surface area contributed by atoms with Gasteiger partial charge in [-0.1, -0.05) is 66.7 Å². The first-order valence-corrected chi connectivity index (χ1v) is 13.2. The fraction of sp³-hybridized carbons (Fsp3) is 0.156. The molecular formula is C32H26N4O3. The summed E-state index contributed by atoms with van der Waals surface area (Å²) in [5.41, 5.74) is 5.22. The van der Waals surface area contributed by atoms with Crippen molar-refractivity contribution in [2.75, 3.05) is 18.1 Å². The zero-order chi connectivity index (χ0) is 26.5. The number of anilines is 2. The lowest BCUT2D eigenvalue weighted by Crippen LogP contribution is -2.25. The van der Waals surface area contributed by atoms with Crippen molar-refractivity contribution in [2.24, 2.45) is 0 Å². The standard InChI is InChI=1S/C32H26N4O3/c37-17-7-16-36-27-13-6-4-11-24(27)30(34-36)29-28(31(38)33-32(29)39)25-19-35(26-12-5-3-10-23(25)26)22-15-14-20-8-1-2-9-21(20)18-22/h1-6,8-15,18,25,37H,7,16-17,19H2,(H,33,38,39). The summed E-state index contributed by atoms with van der Waals surface area (Å²) in [4.78, 5) is 29.0. The van der Waals surface area contributed by atoms with Gasteiger partial charge in [-0.3, -0.25) is 19.6 Å². The molecule has 7 heteroatoms. The number of amides is 2. The highest BCUT2D eigenvalue weighted by atomic mass is 16.3. The first kappa shape index (κ1) is 23.4. The highest BCUT2D eigenvalue weighted by molar-refractivity contribution is 6.37. The molecule has 0 fully saturated rings. The van der Waals surface area contributed by atoms with Crippen LogP contribution in [-0.4, -0.2) is 39.9 Å². The van der Waals surface area contributed by atoms with Crippen LogP contribution in [0, 0.1) is 0 Å². The van der Waals surface area contributed by atoms with Crippen LogP contribution >= 0.6 is 0 Å². The summed E-state index contributed by atoms with van der Waals surface area (Å²) in [6.07, 6.45) is 0.541. The molecule has 0 bridgehead atoms. The first-order valence-electron chi connectivity index (χ1n) is 13.2. The van der Waals surface area contributed by atoms with Crippen LogP contribution in [-0.2, 0) is 16.1 Å². The van der Waals surface area contributed by atoms with Crippen molar-refractivity contribution in [2.45, 2.75) is 18.9 Å². The quantitative estimate of drug-likeness (QED) is 0.314. The van der Waals surface area contributed by atoms with E-state index in [1.165, 1.54) is 5.39 Å². The lowest BCUT2D eigenvalue weighted by molar-refractivity contribution is -0.123. The molecule has 7 rings (SSSR count). The Morgan fingerprint density at radius 1 is 0.872 bits per heavy atom. The first-order chi connectivity index (χ1) is 19.1. The van der Waals surface area contributed by atoms with Crippen molar-refractivity contribution < 1.29 is 14.7 Å². The summed E-state index contributed by atoms with van der Waals surface area (Å²) in [5, 5.41) is 19.9. The van der Waals surface area contributed by atoms with Gasteiger partial charge in [0.05, 0.1) is 11.1 Å². The minimum absolute atomic E-state index is 0.0416. The normalized spacial score (nSPS) is 16.9. The Kier molecular flexibility index (Phi) is 5.52. The number of rotatable bonds is 6. The van der Waals surface area contributed by atoms with E-state index in [1.807, 2.05) is 59.3 Å². The zero-order valence-corrected chi connectivity index (χ0v) is 21.2. The molecule has 5 aromatic rings. The Bertz CT molecular complexity index is 1820. The molecular weight excluding hydrogens is 488 g/mol. The van der Waals surface area contributed by atoms with Crippen molar-refractivity contribution >= 4 is 50.4 Å². The average molecular weight is 515 g/mol. The van der Waals surface area contributed by atoms with Gasteiger partial charge in [0.15, 0.2) is 0 Å². The van der Waals surface area contributed by atoms with Crippen molar-refractivity contribution in [3.05, 3.63) is 108 Å². The molecule has 3 heterocycles. The molecule has 2 N–H and O–H groups in total. The summed E-state index contributed by atoms with van der Waals surface area (Å²) < 4.78 is 1.81. The SMILES string of the molecule is O=C1NC(=O)C(C2CN(c3ccc4ccccc4c3)c3ccccc32)=C1c1nn(CCCO)c2ccccc12. The molecule has 1 aromatic heterocycles. The lowest BCUT2D eigenvalue weighted by atomic mass is 9.89. The van der Waals surface area contributed by atoms with Crippen LogP contribution in [0.5, 0.6) is 0 Å². The number of carbonyl (C=O) groups excluding carboxylic acids is 2. The van der Waals surface area contributed by atoms with Crippen LogP contribution in [0.4, 0.5) is 11.4 Å². The van der Waals surface area contributed by atoms with E-state index in [1.54, 1.807) is 0 Å². The third-order valence-electron chi connectivity index (χ3n) is 7.75. The fourth-order valence-corrected chi connectivity index (χ4v) is 5.98. The highest BCUT2D eigenvalue weighted by Crippen LogP contribution is 2.47. The van der Waals surface area contributed by atoms with Crippen LogP contribution in [0.15, 0.2) is 96.6 Å². The van der Waals surface area contributed by atoms with Gasteiger partial charge < -0.3 is 10.0 Å². The second-order valence-corrected chi connectivity index (χ2v) is 9.99. The Morgan fingerprint density at radius 2 is 1.64 bits per heavy atom. The summed E-state index contributed by atoms with van der Waals surface area (Å²) in [5.74, 6) is -1.10. The van der Waals surface area contributed by atoms with Gasteiger partial charge >= 0.3 is 0 Å². The lowest BCUT2D eigenvalue weighted by Gasteiger charge is -2.21. The van der Waals surface area contributed by atoms with Gasteiger partial charge in [-0.2, -0.15) is 5.10 Å². The predicted molar refractivity (Wildman–Crippen MR) is 152 cm³/mol. The Morgan fingerprint density at radius 3 is 2.51 bits per heavy atom. The number of imide groups is 1. The molecule has 0 aliphatic carbocycles. The van der Waals surface area contributed by atoms with Gasteiger partial charge in [-0.15, -0.1) is 0 Å². The van der Waals surface area contributed by atoms with E-state index >= 15 is 0 Å². The fourth-order valence-electron chi connectivity index (χ4n) is 5.98. The number of fused-ring (bicyclic) bond motifs is 3. The third kappa shape index (κ3) is 3.73. The molecule has 2 amide bonds. The number of hydrogen-bond donors (Lipinski definition) is 2. The molecule has 0 spiro atoms. The van der Waals surface area contributed by atoms with Crippen molar-refractivity contribution in [3.8, 4) is 0 Å². The van der Waals surface area contributed by atoms with Crippen LogP contribution in [0.1, 0.15) is 23.6 Å². The third-order valence-corrected chi connectivity index (χ3v) is 7.75. The highest BCUT2D eigenvalue weighted by Gasteiger charge is 2.42. The molecule has 0 saturated heterocycles. The largest absolute Gasteiger partial charge is 0.396 e. The summed E-state index contributed by atoms with van der Waals surface area (Å²) in [7, 11) is 0. The molecule has 7 nitrogen and oxygen atoms in total. The van der Waals surface area contributed by atoms with Crippen LogP contribution in [0.25, 0.3) is 27.2 Å². The van der Waals surface area contributed by atoms with Crippen molar-refractivity contribution in [1.29, 1.82) is 0 Å². The maximum absolute atomic E-state index is 13.4. The summed E-state index contributed by atoms with van der Waals surface area (Å²) in [6, 6.07) is 30.4. The Balaban J connectivity index is 1.38. The summed E-state index contributed by atoms with van der Waals surface area (Å²) >= 11 is 0. The van der Waals surface area contributed by atoms with Gasteiger partial charge in [0.1, 0.15) is 5.69 Å². The number of benzene rings is 4. The topological polar surface area (TPSA) is 87.5 Å². The maximum Gasteiger partial charge on any atom is 0.260 e. The molecule has 39 heavy (non-hydrogen) atoms. The molecule has 192 valence electrons. The van der Waals surface area contributed by atoms with E-state index in [0.717, 1.165) is 33.2 Å². The number of aromatic nitrogens is 2. The monoisotopic (exact) mass is 514 g/mol. The number of nitrogens with zero attached hydrogens (tertiary/aromatic N) is 3. The molecule has 0 radical (unpaired) electrons. The number of carbonyl (C=O) groups is 2. The number of aliphatic hydroxyl groups is 1. The second-order valence-electron chi connectivity index (χ2n) is 9.99. The zero-order valence-electron chi connectivity index (χ0n) is 21.2. The Labute approximate surface area is 225 Å². The van der Waals surface area contributed by atoms with Gasteiger partial charge in [0, 0.05) is 47.9 Å². The number of para-hydroxylation sites is 2. The van der Waals surface area contributed by atoms with Crippen molar-refractivity contribution in [1.82, 2.24) is 15.1 Å². The van der Waals surface area contributed by atoms with E-state index in [4.69, 9.17) is 5.10 Å². The second kappa shape index (κ2) is 9.22. The molecule has 2 aliphatic rings. The van der Waals surface area contributed by atoms with Gasteiger partial charge in [-0.25, -0.2) is 0 Å². The van der Waals surface area contributed by atoms with Gasteiger partial charge in [-0.05, 0) is 47.0 Å². The predicted octanol–water partition coefficient (Wildman–Crippen LogP) is 4.92. The van der Waals surface area contributed by atoms with E-state index in [-0.39, 0.29) is 18.4 Å². The molecule has 4 aromatic carbocycles. The summed E-state index contributed by atoms with van der Waals surface area (Å²) in [6.45, 7) is 1.08. The number of aryl methyl sites for hydroxylation is 1. The van der Waals surface area contributed by atoms with Crippen LogP contribution < -0.4 is 10.2 Å².